The molecule has 0 atom stereocenters. The third kappa shape index (κ3) is 4.73. The Labute approximate surface area is 106 Å². The fourth-order valence-corrected chi connectivity index (χ4v) is 5.03. The summed E-state index contributed by atoms with van der Waals surface area (Å²) in [5, 5.41) is 0.415. The van der Waals surface area contributed by atoms with Gasteiger partial charge in [0.15, 0.2) is 0 Å². The lowest BCUT2D eigenvalue weighted by Crippen LogP contribution is -2.04. The first kappa shape index (κ1) is 15.2. The molecular weight excluding hydrogens is 321 g/mol. The third-order valence-electron chi connectivity index (χ3n) is 1.63. The van der Waals surface area contributed by atoms with Crippen molar-refractivity contribution in [2.75, 3.05) is 0 Å². The summed E-state index contributed by atoms with van der Waals surface area (Å²) in [7, 11) is -9.82. The summed E-state index contributed by atoms with van der Waals surface area (Å²) in [5.74, 6) is 0. The molecule has 10 heteroatoms. The third-order valence-corrected chi connectivity index (χ3v) is 7.87. The predicted molar refractivity (Wildman–Crippen MR) is 65.2 cm³/mol. The van der Waals surface area contributed by atoms with E-state index in [2.05, 4.69) is 0 Å². The molecule has 0 spiro atoms. The molecule has 96 valence electrons. The van der Waals surface area contributed by atoms with Crippen LogP contribution in [0.1, 0.15) is 0 Å². The van der Waals surface area contributed by atoms with Gasteiger partial charge < -0.3 is 19.6 Å². The fourth-order valence-electron chi connectivity index (χ4n) is 0.968. The van der Waals surface area contributed by atoms with Gasteiger partial charge in [-0.15, -0.1) is 0 Å². The van der Waals surface area contributed by atoms with E-state index in [1.54, 1.807) is 0 Å². The Balaban J connectivity index is 3.00. The van der Waals surface area contributed by atoms with Gasteiger partial charge in [-0.05, 0) is 24.3 Å². The number of rotatable bonds is 4. The Bertz CT molecular complexity index is 458. The van der Waals surface area contributed by atoms with Crippen LogP contribution in [0.3, 0.4) is 0 Å². The van der Waals surface area contributed by atoms with Crippen molar-refractivity contribution in [3.63, 3.8) is 0 Å². The average Bonchev–Trinajstić information content (AvgIpc) is 2.13. The lowest BCUT2D eigenvalue weighted by Gasteiger charge is -2.18. The highest BCUT2D eigenvalue weighted by Crippen LogP contribution is 2.65. The summed E-state index contributed by atoms with van der Waals surface area (Å²) in [6, 6.07) is 5.76. The number of thioether (sulfide) groups is 1. The van der Waals surface area contributed by atoms with Crippen LogP contribution < -0.4 is 0 Å². The summed E-state index contributed by atoms with van der Waals surface area (Å²) in [6.45, 7) is 0. The number of benzene rings is 1. The standard InChI is InChI=1S/C7H9ClO6P2S/c8-5-1-3-6(4-2-5)17-7(15(9,10)11)16(12,13)14/h1-4,7H,(H2,9,10,11)(H2,12,13,14)/i1+2,2+2,3+2,4+2,5+2,6+2. The lowest BCUT2D eigenvalue weighted by atomic mass is 11.9. The van der Waals surface area contributed by atoms with Gasteiger partial charge in [0.05, 0.1) is 0 Å². The fraction of sp³-hybridized carbons (Fsp3) is 0.143. The van der Waals surface area contributed by atoms with Crippen LogP contribution in [0.25, 0.3) is 0 Å². The van der Waals surface area contributed by atoms with Crippen molar-refractivity contribution in [2.24, 2.45) is 0 Å². The number of hydrogen-bond acceptors (Lipinski definition) is 3. The van der Waals surface area contributed by atoms with Crippen molar-refractivity contribution in [1.29, 1.82) is 0 Å². The quantitative estimate of drug-likeness (QED) is 0.493. The lowest BCUT2D eigenvalue weighted by molar-refractivity contribution is 0.352. The van der Waals surface area contributed by atoms with E-state index in [1.165, 1.54) is 24.3 Å². The van der Waals surface area contributed by atoms with Gasteiger partial charge in [-0.1, -0.05) is 23.4 Å². The zero-order valence-corrected chi connectivity index (χ0v) is 11.5. The van der Waals surface area contributed by atoms with Crippen LogP contribution in [0.4, 0.5) is 0 Å². The van der Waals surface area contributed by atoms with Crippen LogP contribution in [0.2, 0.25) is 5.02 Å². The van der Waals surface area contributed by atoms with Gasteiger partial charge in [-0.2, -0.15) is 0 Å². The summed E-state index contributed by atoms with van der Waals surface area (Å²) in [6.07, 6.45) is 0. The van der Waals surface area contributed by atoms with Crippen molar-refractivity contribution in [3.05, 3.63) is 29.3 Å². The van der Waals surface area contributed by atoms with Gasteiger partial charge in [-0.3, -0.25) is 9.13 Å². The molecule has 1 aromatic rings. The highest BCUT2D eigenvalue weighted by atomic mass is 35.5. The van der Waals surface area contributed by atoms with Crippen molar-refractivity contribution < 1.29 is 28.7 Å². The molecule has 0 saturated carbocycles. The maximum atomic E-state index is 11.0. The normalized spacial score (nSPS) is 13.1. The molecule has 17 heavy (non-hydrogen) atoms. The predicted octanol–water partition coefficient (Wildman–Crippen LogP) is 2.07. The summed E-state index contributed by atoms with van der Waals surface area (Å²) >= 11 is 6.04. The Hall–Kier alpha value is 0.160. The average molecular weight is 331 g/mol. The molecule has 0 fully saturated rings. The van der Waals surface area contributed by atoms with E-state index in [9.17, 15) is 9.13 Å². The molecule has 0 radical (unpaired) electrons. The Kier molecular flexibility index (Phi) is 4.86. The first-order chi connectivity index (χ1) is 7.60. The molecule has 1 aromatic carbocycles. The molecule has 6 nitrogen and oxygen atoms in total. The second-order valence-electron chi connectivity index (χ2n) is 3.08. The zero-order valence-electron chi connectivity index (χ0n) is 8.17. The molecule has 1 rings (SSSR count). The topological polar surface area (TPSA) is 115 Å². The van der Waals surface area contributed by atoms with Gasteiger partial charge in [0.25, 0.3) is 0 Å². The van der Waals surface area contributed by atoms with Crippen molar-refractivity contribution in [3.8, 4) is 0 Å². The van der Waals surface area contributed by atoms with Crippen molar-refractivity contribution in [2.45, 2.75) is 9.63 Å². The van der Waals surface area contributed by atoms with E-state index in [4.69, 9.17) is 31.2 Å². The Morgan fingerprint density at radius 1 is 1.00 bits per heavy atom. The minimum atomic E-state index is -4.91. The van der Waals surface area contributed by atoms with Crippen LogP contribution in [0.5, 0.6) is 0 Å². The van der Waals surface area contributed by atoms with Gasteiger partial charge in [0.1, 0.15) is 0 Å². The molecule has 0 aliphatic heterocycles. The number of halogens is 1. The maximum Gasteiger partial charge on any atom is 0.351 e. The van der Waals surface area contributed by atoms with Crippen LogP contribution in [-0.2, 0) is 9.13 Å². The molecule has 0 heterocycles. The molecular formula is C7H9ClO6P2S. The molecule has 4 N–H and O–H groups in total. The minimum absolute atomic E-state index is 0.311. The molecule has 0 aromatic heterocycles. The monoisotopic (exact) mass is 330 g/mol. The van der Waals surface area contributed by atoms with Crippen LogP contribution in [0, 0.1) is 0 Å². The van der Waals surface area contributed by atoms with Crippen molar-refractivity contribution >= 4 is 38.6 Å². The van der Waals surface area contributed by atoms with Crippen molar-refractivity contribution in [1.82, 2.24) is 0 Å². The van der Waals surface area contributed by atoms with Gasteiger partial charge in [-0.25, -0.2) is 0 Å². The highest BCUT2D eigenvalue weighted by molar-refractivity contribution is 8.12. The second-order valence-corrected chi connectivity index (χ2v) is 9.19. The van der Waals surface area contributed by atoms with E-state index in [0.29, 0.717) is 21.7 Å². The summed E-state index contributed by atoms with van der Waals surface area (Å²) in [4.78, 5) is 35.9. The Morgan fingerprint density at radius 2 is 1.41 bits per heavy atom. The van der Waals surface area contributed by atoms with E-state index < -0.39 is 19.9 Å². The largest absolute Gasteiger partial charge is 0.351 e. The maximum absolute atomic E-state index is 11.0. The smallest absolute Gasteiger partial charge is 0.323 e. The van der Waals surface area contributed by atoms with E-state index >= 15 is 0 Å². The SMILES string of the molecule is O=P(O)(O)C(S[14c]1[14cH][14cH][14c](Cl)[14cH][14cH]1)P(=O)(O)O. The highest BCUT2D eigenvalue weighted by Gasteiger charge is 2.44. The van der Waals surface area contributed by atoms with E-state index in [0.717, 1.165) is 0 Å². The Morgan fingerprint density at radius 3 is 1.76 bits per heavy atom. The molecule has 0 bridgehead atoms. The molecule has 0 unspecified atom stereocenters. The first-order valence-electron chi connectivity index (χ1n) is 4.13. The first-order valence-corrected chi connectivity index (χ1v) is 8.75. The number of hydrogen-bond donors (Lipinski definition) is 4. The van der Waals surface area contributed by atoms with Crippen LogP contribution in [0.15, 0.2) is 29.2 Å². The van der Waals surface area contributed by atoms with Gasteiger partial charge in [0.2, 0.25) is 4.73 Å². The minimum Gasteiger partial charge on any atom is -0.323 e. The second kappa shape index (κ2) is 5.43. The molecule has 0 saturated heterocycles. The van der Waals surface area contributed by atoms with Crippen LogP contribution >= 0.6 is 38.6 Å². The van der Waals surface area contributed by atoms with E-state index in [-0.39, 0.29) is 0 Å². The molecule has 0 amide bonds. The van der Waals surface area contributed by atoms with Crippen LogP contribution in [-0.4, -0.2) is 24.3 Å². The molecule has 0 aliphatic carbocycles. The summed E-state index contributed by atoms with van der Waals surface area (Å²) in [5.41, 5.74) is 0. The van der Waals surface area contributed by atoms with Gasteiger partial charge in [0, 0.05) is 9.92 Å². The van der Waals surface area contributed by atoms with E-state index in [1.807, 2.05) is 0 Å². The van der Waals surface area contributed by atoms with Gasteiger partial charge >= 0.3 is 15.2 Å². The zero-order chi connectivity index (χ0) is 13.3. The molecule has 0 aliphatic rings. The summed E-state index contributed by atoms with van der Waals surface area (Å²) < 4.78 is 19.9.